The topological polar surface area (TPSA) is 43.4 Å². The molecule has 146 valence electrons. The van der Waals surface area contributed by atoms with Crippen LogP contribution in [0.1, 0.15) is 110 Å². The van der Waals surface area contributed by atoms with Gasteiger partial charge in [-0.1, -0.05) is 83.3 Å². The second-order valence-electron chi connectivity index (χ2n) is 7.04. The fraction of sp³-hybridized carbons (Fsp3) is 0.818. The number of esters is 1. The van der Waals surface area contributed by atoms with E-state index in [-0.39, 0.29) is 18.2 Å². The lowest BCUT2D eigenvalue weighted by Gasteiger charge is -2.04. The molecule has 0 unspecified atom stereocenters. The van der Waals surface area contributed by atoms with Crippen LogP contribution in [-0.4, -0.2) is 18.4 Å². The summed E-state index contributed by atoms with van der Waals surface area (Å²) in [6, 6.07) is 0. The molecule has 0 aromatic rings. The molecule has 0 N–H and O–H groups in total. The van der Waals surface area contributed by atoms with Crippen LogP contribution in [0, 0.1) is 0 Å². The van der Waals surface area contributed by atoms with E-state index in [1.165, 1.54) is 84.0 Å². The molecule has 3 heteroatoms. The molecule has 0 aromatic carbocycles. The molecule has 0 spiro atoms. The molecular formula is C22H40O3. The van der Waals surface area contributed by atoms with Gasteiger partial charge < -0.3 is 4.74 Å². The number of ketones is 1. The van der Waals surface area contributed by atoms with Crippen LogP contribution < -0.4 is 0 Å². The van der Waals surface area contributed by atoms with Gasteiger partial charge in [0, 0.05) is 0 Å². The summed E-state index contributed by atoms with van der Waals surface area (Å²) >= 11 is 0. The Balaban J connectivity index is 3.13. The maximum atomic E-state index is 11.2. The highest BCUT2D eigenvalue weighted by Gasteiger charge is 2.05. The lowest BCUT2D eigenvalue weighted by atomic mass is 10.1. The van der Waals surface area contributed by atoms with Crippen LogP contribution in [0.2, 0.25) is 0 Å². The highest BCUT2D eigenvalue weighted by molar-refractivity contribution is 5.94. The minimum atomic E-state index is -0.385. The molecule has 0 bridgehead atoms. The molecule has 0 saturated heterocycles. The fourth-order valence-electron chi connectivity index (χ4n) is 2.78. The van der Waals surface area contributed by atoms with E-state index in [1.54, 1.807) is 0 Å². The first kappa shape index (κ1) is 23.9. The van der Waals surface area contributed by atoms with Crippen molar-refractivity contribution in [3.63, 3.8) is 0 Å². The maximum absolute atomic E-state index is 11.2. The fourth-order valence-corrected chi connectivity index (χ4v) is 2.78. The molecule has 0 aliphatic carbocycles. The van der Waals surface area contributed by atoms with E-state index in [9.17, 15) is 9.59 Å². The largest absolute Gasteiger partial charge is 0.465 e. The highest BCUT2D eigenvalue weighted by Crippen LogP contribution is 2.12. The molecule has 0 aliphatic heterocycles. The Morgan fingerprint density at radius 3 is 1.72 bits per heavy atom. The number of Topliss-reactive ketones (excluding diaryl/α,β-unsaturated/α-hetero) is 1. The SMILES string of the molecule is CCCCC=CCCCCCCCCCCCCOC(=O)CC(C)=O. The van der Waals surface area contributed by atoms with Gasteiger partial charge in [0.05, 0.1) is 6.61 Å². The van der Waals surface area contributed by atoms with Gasteiger partial charge in [-0.05, 0) is 32.6 Å². The smallest absolute Gasteiger partial charge is 0.313 e. The average molecular weight is 353 g/mol. The van der Waals surface area contributed by atoms with Crippen molar-refractivity contribution in [3.8, 4) is 0 Å². The van der Waals surface area contributed by atoms with E-state index in [1.807, 2.05) is 0 Å². The van der Waals surface area contributed by atoms with Crippen molar-refractivity contribution in [2.75, 3.05) is 6.61 Å². The number of unbranched alkanes of at least 4 members (excludes halogenated alkanes) is 12. The molecule has 0 saturated carbocycles. The monoisotopic (exact) mass is 352 g/mol. The van der Waals surface area contributed by atoms with Gasteiger partial charge in [0.2, 0.25) is 0 Å². The first-order valence-corrected chi connectivity index (χ1v) is 10.5. The Hall–Kier alpha value is -1.12. The summed E-state index contributed by atoms with van der Waals surface area (Å²) in [4.78, 5) is 21.9. The van der Waals surface area contributed by atoms with Crippen LogP contribution in [0.5, 0.6) is 0 Å². The number of hydrogen-bond donors (Lipinski definition) is 0. The van der Waals surface area contributed by atoms with E-state index in [0.717, 1.165) is 12.8 Å². The number of carbonyl (C=O) groups is 2. The minimum absolute atomic E-state index is 0.0882. The van der Waals surface area contributed by atoms with Gasteiger partial charge in [0.15, 0.2) is 0 Å². The van der Waals surface area contributed by atoms with Crippen molar-refractivity contribution in [2.24, 2.45) is 0 Å². The van der Waals surface area contributed by atoms with E-state index in [2.05, 4.69) is 19.1 Å². The summed E-state index contributed by atoms with van der Waals surface area (Å²) in [6.07, 6.45) is 22.3. The predicted molar refractivity (Wildman–Crippen MR) is 106 cm³/mol. The standard InChI is InChI=1S/C22H40O3/c1-3-4-5-6-7-8-9-10-11-12-13-14-15-16-17-18-19-25-22(24)20-21(2)23/h6-7H,3-5,8-20H2,1-2H3. The Morgan fingerprint density at radius 1 is 0.720 bits per heavy atom. The summed E-state index contributed by atoms with van der Waals surface area (Å²) in [7, 11) is 0. The van der Waals surface area contributed by atoms with Crippen LogP contribution in [0.4, 0.5) is 0 Å². The number of ether oxygens (including phenoxy) is 1. The molecule has 0 aromatic heterocycles. The molecule has 0 amide bonds. The molecule has 0 aliphatic rings. The second kappa shape index (κ2) is 19.2. The first-order chi connectivity index (χ1) is 12.2. The summed E-state index contributed by atoms with van der Waals surface area (Å²) in [5.74, 6) is -0.516. The van der Waals surface area contributed by atoms with Crippen molar-refractivity contribution >= 4 is 11.8 Å². The van der Waals surface area contributed by atoms with Gasteiger partial charge in [-0.15, -0.1) is 0 Å². The number of allylic oxidation sites excluding steroid dienone is 2. The zero-order chi connectivity index (χ0) is 18.6. The van der Waals surface area contributed by atoms with Gasteiger partial charge in [0.25, 0.3) is 0 Å². The number of carbonyl (C=O) groups excluding carboxylic acids is 2. The van der Waals surface area contributed by atoms with Gasteiger partial charge in [-0.3, -0.25) is 9.59 Å². The molecule has 0 fully saturated rings. The molecule has 0 heterocycles. The molecule has 25 heavy (non-hydrogen) atoms. The zero-order valence-corrected chi connectivity index (χ0v) is 16.7. The van der Waals surface area contributed by atoms with Crippen LogP contribution in [0.25, 0.3) is 0 Å². The third kappa shape index (κ3) is 20.8. The van der Waals surface area contributed by atoms with E-state index < -0.39 is 0 Å². The Kier molecular flexibility index (Phi) is 18.3. The quantitative estimate of drug-likeness (QED) is 0.122. The second-order valence-corrected chi connectivity index (χ2v) is 7.04. The van der Waals surface area contributed by atoms with Crippen LogP contribution in [-0.2, 0) is 14.3 Å². The summed E-state index contributed by atoms with van der Waals surface area (Å²) < 4.78 is 5.01. The molecule has 0 atom stereocenters. The predicted octanol–water partition coefficient (Wildman–Crippen LogP) is 6.55. The third-order valence-electron chi connectivity index (χ3n) is 4.31. The Morgan fingerprint density at radius 2 is 1.20 bits per heavy atom. The molecule has 0 rings (SSSR count). The van der Waals surface area contributed by atoms with Gasteiger partial charge in [-0.25, -0.2) is 0 Å². The highest BCUT2D eigenvalue weighted by atomic mass is 16.5. The van der Waals surface area contributed by atoms with Crippen molar-refractivity contribution < 1.29 is 14.3 Å². The maximum Gasteiger partial charge on any atom is 0.313 e. The molecular weight excluding hydrogens is 312 g/mol. The number of hydrogen-bond acceptors (Lipinski definition) is 3. The summed E-state index contributed by atoms with van der Waals surface area (Å²) in [5, 5.41) is 0. The minimum Gasteiger partial charge on any atom is -0.465 e. The van der Waals surface area contributed by atoms with E-state index in [0.29, 0.717) is 6.61 Å². The van der Waals surface area contributed by atoms with Gasteiger partial charge in [0.1, 0.15) is 12.2 Å². The van der Waals surface area contributed by atoms with Crippen LogP contribution in [0.3, 0.4) is 0 Å². The first-order valence-electron chi connectivity index (χ1n) is 10.5. The lowest BCUT2D eigenvalue weighted by molar-refractivity contribution is -0.145. The lowest BCUT2D eigenvalue weighted by Crippen LogP contribution is -2.09. The summed E-state index contributed by atoms with van der Waals surface area (Å²) in [6.45, 7) is 4.11. The van der Waals surface area contributed by atoms with E-state index in [4.69, 9.17) is 4.74 Å². The van der Waals surface area contributed by atoms with Crippen LogP contribution in [0.15, 0.2) is 12.2 Å². The normalized spacial score (nSPS) is 11.1. The van der Waals surface area contributed by atoms with Gasteiger partial charge in [-0.2, -0.15) is 0 Å². The van der Waals surface area contributed by atoms with Gasteiger partial charge >= 0.3 is 5.97 Å². The molecule has 3 nitrogen and oxygen atoms in total. The average Bonchev–Trinajstić information content (AvgIpc) is 2.57. The summed E-state index contributed by atoms with van der Waals surface area (Å²) in [5.41, 5.74) is 0. The van der Waals surface area contributed by atoms with Crippen molar-refractivity contribution in [1.82, 2.24) is 0 Å². The van der Waals surface area contributed by atoms with Crippen molar-refractivity contribution in [1.29, 1.82) is 0 Å². The number of rotatable bonds is 18. The third-order valence-corrected chi connectivity index (χ3v) is 4.31. The van der Waals surface area contributed by atoms with Crippen molar-refractivity contribution in [2.45, 2.75) is 110 Å². The van der Waals surface area contributed by atoms with Crippen LogP contribution >= 0.6 is 0 Å². The Bertz CT molecular complexity index is 347. The molecule has 0 radical (unpaired) electrons. The Labute approximate surface area is 155 Å². The van der Waals surface area contributed by atoms with E-state index >= 15 is 0 Å². The van der Waals surface area contributed by atoms with Crippen molar-refractivity contribution in [3.05, 3.63) is 12.2 Å². The zero-order valence-electron chi connectivity index (χ0n) is 16.7.